The molecule has 1 nitrogen and oxygen atoms in total. The molecule has 0 aliphatic carbocycles. The lowest BCUT2D eigenvalue weighted by Gasteiger charge is -2.23. The summed E-state index contributed by atoms with van der Waals surface area (Å²) in [5, 5.41) is 3.74. The van der Waals surface area contributed by atoms with Gasteiger partial charge in [-0.05, 0) is 43.7 Å². The third-order valence-corrected chi connectivity index (χ3v) is 4.08. The highest BCUT2D eigenvalue weighted by atomic mass is 14.9. The van der Waals surface area contributed by atoms with Crippen molar-refractivity contribution in [2.75, 3.05) is 6.54 Å². The van der Waals surface area contributed by atoms with E-state index >= 15 is 0 Å². The number of rotatable bonds is 10. The molecular formula is C18H31N. The van der Waals surface area contributed by atoms with Crippen LogP contribution >= 0.6 is 0 Å². The molecule has 0 amide bonds. The molecule has 1 N–H and O–H groups in total. The van der Waals surface area contributed by atoms with Crippen molar-refractivity contribution in [1.82, 2.24) is 5.32 Å². The van der Waals surface area contributed by atoms with Gasteiger partial charge in [0.1, 0.15) is 0 Å². The van der Waals surface area contributed by atoms with Gasteiger partial charge in [-0.15, -0.1) is 0 Å². The van der Waals surface area contributed by atoms with Crippen molar-refractivity contribution in [2.45, 2.75) is 65.3 Å². The minimum atomic E-state index is 0.685. The molecule has 108 valence electrons. The Hall–Kier alpha value is -0.820. The number of nitrogens with one attached hydrogen (secondary N) is 1. The lowest BCUT2D eigenvalue weighted by molar-refractivity contribution is 0.352. The first-order chi connectivity index (χ1) is 9.30. The van der Waals surface area contributed by atoms with Gasteiger partial charge in [-0.2, -0.15) is 0 Å². The van der Waals surface area contributed by atoms with Crippen molar-refractivity contribution < 1.29 is 0 Å². The van der Waals surface area contributed by atoms with Gasteiger partial charge < -0.3 is 5.32 Å². The maximum Gasteiger partial charge on any atom is 0.00728 e. The number of hydrogen-bond donors (Lipinski definition) is 1. The maximum absolute atomic E-state index is 3.74. The fourth-order valence-corrected chi connectivity index (χ4v) is 2.66. The second-order valence-corrected chi connectivity index (χ2v) is 5.59. The Morgan fingerprint density at radius 3 is 2.26 bits per heavy atom. The Labute approximate surface area is 119 Å². The highest BCUT2D eigenvalue weighted by Crippen LogP contribution is 2.18. The Balaban J connectivity index is 2.44. The summed E-state index contributed by atoms with van der Waals surface area (Å²) in [5.41, 5.74) is 1.47. The van der Waals surface area contributed by atoms with Crippen LogP contribution in [0.5, 0.6) is 0 Å². The summed E-state index contributed by atoms with van der Waals surface area (Å²) < 4.78 is 0. The molecule has 0 saturated heterocycles. The van der Waals surface area contributed by atoms with Gasteiger partial charge in [-0.1, -0.05) is 63.9 Å². The third-order valence-electron chi connectivity index (χ3n) is 4.08. The molecule has 0 bridgehead atoms. The predicted octanol–water partition coefficient (Wildman–Crippen LogP) is 4.81. The van der Waals surface area contributed by atoms with Crippen LogP contribution in [0.3, 0.4) is 0 Å². The zero-order valence-electron chi connectivity index (χ0n) is 13.0. The third kappa shape index (κ3) is 6.77. The van der Waals surface area contributed by atoms with Crippen LogP contribution in [0.25, 0.3) is 0 Å². The summed E-state index contributed by atoms with van der Waals surface area (Å²) >= 11 is 0. The molecule has 1 aromatic rings. The van der Waals surface area contributed by atoms with Gasteiger partial charge in [0, 0.05) is 6.04 Å². The van der Waals surface area contributed by atoms with Gasteiger partial charge in [0.05, 0.1) is 0 Å². The zero-order valence-corrected chi connectivity index (χ0v) is 13.0. The summed E-state index contributed by atoms with van der Waals surface area (Å²) in [6, 6.07) is 11.6. The van der Waals surface area contributed by atoms with E-state index in [1.54, 1.807) is 0 Å². The molecular weight excluding hydrogens is 230 g/mol. The van der Waals surface area contributed by atoms with Gasteiger partial charge in [0.25, 0.3) is 0 Å². The van der Waals surface area contributed by atoms with Crippen molar-refractivity contribution in [3.8, 4) is 0 Å². The molecule has 1 unspecified atom stereocenters. The summed E-state index contributed by atoms with van der Waals surface area (Å²) in [4.78, 5) is 0. The molecule has 1 rings (SSSR count). The fourth-order valence-electron chi connectivity index (χ4n) is 2.66. The van der Waals surface area contributed by atoms with E-state index in [-0.39, 0.29) is 0 Å². The van der Waals surface area contributed by atoms with Crippen molar-refractivity contribution in [3.63, 3.8) is 0 Å². The van der Waals surface area contributed by atoms with Crippen LogP contribution in [-0.2, 0) is 6.42 Å². The summed E-state index contributed by atoms with van der Waals surface area (Å²) in [5.74, 6) is 0.880. The van der Waals surface area contributed by atoms with E-state index in [1.165, 1.54) is 44.1 Å². The standard InChI is InChI=1S/C18H31N/c1-4-14-19-18(15-16(5-2)6-3)13-12-17-10-8-7-9-11-17/h7-11,16,18-19H,4-6,12-15H2,1-3H3. The first-order valence-electron chi connectivity index (χ1n) is 8.07. The van der Waals surface area contributed by atoms with Crippen molar-refractivity contribution >= 4 is 0 Å². The molecule has 0 fully saturated rings. The maximum atomic E-state index is 3.74. The predicted molar refractivity (Wildman–Crippen MR) is 85.5 cm³/mol. The van der Waals surface area contributed by atoms with Gasteiger partial charge >= 0.3 is 0 Å². The van der Waals surface area contributed by atoms with E-state index in [0.717, 1.165) is 12.5 Å². The summed E-state index contributed by atoms with van der Waals surface area (Å²) in [6.07, 6.45) is 7.64. The molecule has 1 atom stereocenters. The minimum absolute atomic E-state index is 0.685. The van der Waals surface area contributed by atoms with Gasteiger partial charge in [0.15, 0.2) is 0 Å². The Kier molecular flexibility index (Phi) is 8.57. The van der Waals surface area contributed by atoms with Crippen molar-refractivity contribution in [3.05, 3.63) is 35.9 Å². The number of benzene rings is 1. The highest BCUT2D eigenvalue weighted by Gasteiger charge is 2.13. The molecule has 0 saturated carbocycles. The van der Waals surface area contributed by atoms with Crippen LogP contribution in [0.15, 0.2) is 30.3 Å². The van der Waals surface area contributed by atoms with Crippen molar-refractivity contribution in [1.29, 1.82) is 0 Å². The van der Waals surface area contributed by atoms with Crippen LogP contribution in [0.1, 0.15) is 58.4 Å². The fraction of sp³-hybridized carbons (Fsp3) is 0.667. The zero-order chi connectivity index (χ0) is 13.9. The lowest BCUT2D eigenvalue weighted by atomic mass is 9.91. The highest BCUT2D eigenvalue weighted by molar-refractivity contribution is 5.14. The number of hydrogen-bond acceptors (Lipinski definition) is 1. The van der Waals surface area contributed by atoms with E-state index in [0.29, 0.717) is 6.04 Å². The van der Waals surface area contributed by atoms with Crippen LogP contribution in [0.4, 0.5) is 0 Å². The van der Waals surface area contributed by atoms with Crippen molar-refractivity contribution in [2.24, 2.45) is 5.92 Å². The smallest absolute Gasteiger partial charge is 0.00728 e. The minimum Gasteiger partial charge on any atom is -0.314 e. The summed E-state index contributed by atoms with van der Waals surface area (Å²) in [7, 11) is 0. The van der Waals surface area contributed by atoms with E-state index in [9.17, 15) is 0 Å². The van der Waals surface area contributed by atoms with Crippen LogP contribution in [-0.4, -0.2) is 12.6 Å². The van der Waals surface area contributed by atoms with E-state index in [4.69, 9.17) is 0 Å². The van der Waals surface area contributed by atoms with Crippen LogP contribution in [0.2, 0.25) is 0 Å². The normalized spacial score (nSPS) is 12.8. The van der Waals surface area contributed by atoms with Gasteiger partial charge in [-0.3, -0.25) is 0 Å². The average Bonchev–Trinajstić information content (AvgIpc) is 2.47. The molecule has 0 radical (unpaired) electrons. The van der Waals surface area contributed by atoms with E-state index in [1.807, 2.05) is 0 Å². The molecule has 0 aliphatic heterocycles. The number of aryl methyl sites for hydroxylation is 1. The van der Waals surface area contributed by atoms with Gasteiger partial charge in [-0.25, -0.2) is 0 Å². The monoisotopic (exact) mass is 261 g/mol. The molecule has 0 aromatic heterocycles. The Morgan fingerprint density at radius 2 is 1.68 bits per heavy atom. The van der Waals surface area contributed by atoms with Crippen LogP contribution in [0, 0.1) is 5.92 Å². The first-order valence-corrected chi connectivity index (χ1v) is 8.07. The SMILES string of the molecule is CCCNC(CCc1ccccc1)CC(CC)CC. The molecule has 19 heavy (non-hydrogen) atoms. The summed E-state index contributed by atoms with van der Waals surface area (Å²) in [6.45, 7) is 8.04. The topological polar surface area (TPSA) is 12.0 Å². The second kappa shape index (κ2) is 10.0. The Bertz CT molecular complexity index is 303. The lowest BCUT2D eigenvalue weighted by Crippen LogP contribution is -2.32. The van der Waals surface area contributed by atoms with E-state index < -0.39 is 0 Å². The largest absolute Gasteiger partial charge is 0.314 e. The molecule has 1 heteroatoms. The molecule has 0 heterocycles. The van der Waals surface area contributed by atoms with Crippen LogP contribution < -0.4 is 5.32 Å². The molecule has 0 spiro atoms. The molecule has 1 aromatic carbocycles. The average molecular weight is 261 g/mol. The quantitative estimate of drug-likeness (QED) is 0.637. The van der Waals surface area contributed by atoms with Gasteiger partial charge in [0.2, 0.25) is 0 Å². The first kappa shape index (κ1) is 16.2. The Morgan fingerprint density at radius 1 is 1.00 bits per heavy atom. The second-order valence-electron chi connectivity index (χ2n) is 5.59. The molecule has 0 aliphatic rings. The van der Waals surface area contributed by atoms with E-state index in [2.05, 4.69) is 56.4 Å².